The van der Waals surface area contributed by atoms with Gasteiger partial charge in [0.2, 0.25) is 0 Å². The average Bonchev–Trinajstić information content (AvgIpc) is 2.98. The summed E-state index contributed by atoms with van der Waals surface area (Å²) < 4.78 is 32.8. The number of unbranched alkanes of at least 4 members (excludes halogenated alkanes) is 4. The molecule has 254 valence electrons. The normalized spacial score (nSPS) is 17.9. The Morgan fingerprint density at radius 2 is 1.21 bits per heavy atom. The second-order valence-corrected chi connectivity index (χ2v) is 13.1. The number of hydrogen-bond donors (Lipinski definition) is 1. The fourth-order valence-electron chi connectivity index (χ4n) is 4.95. The maximum atomic E-state index is 9.06. The van der Waals surface area contributed by atoms with Gasteiger partial charge < -0.3 is 28.8 Å². The fourth-order valence-corrected chi connectivity index (χ4v) is 4.95. The standard InChI is InChI=1S/C36H74O6/c1-10-14-20-34(9)42-36(40-28-24-31(6)13-4,41-29-32(7)19-11-2)33(8)21-22-35(39-27-23-30(5)12-3)38-26-18-16-15-17-25-37/h30-35,37H,10-29H2,1-9H3. The third-order valence-corrected chi connectivity index (χ3v) is 8.70. The first-order chi connectivity index (χ1) is 20.2. The third-order valence-electron chi connectivity index (χ3n) is 8.70. The van der Waals surface area contributed by atoms with Crippen LogP contribution in [0.15, 0.2) is 0 Å². The van der Waals surface area contributed by atoms with Crippen LogP contribution in [0.1, 0.15) is 159 Å². The van der Waals surface area contributed by atoms with Crippen LogP contribution in [-0.2, 0) is 23.7 Å². The van der Waals surface area contributed by atoms with Crippen LogP contribution in [0.5, 0.6) is 0 Å². The van der Waals surface area contributed by atoms with Gasteiger partial charge >= 0.3 is 0 Å². The number of aliphatic hydroxyl groups excluding tert-OH is 1. The van der Waals surface area contributed by atoms with Crippen molar-refractivity contribution in [3.8, 4) is 0 Å². The van der Waals surface area contributed by atoms with Gasteiger partial charge in [-0.25, -0.2) is 0 Å². The molecule has 0 radical (unpaired) electrons. The van der Waals surface area contributed by atoms with Gasteiger partial charge in [0.1, 0.15) is 0 Å². The van der Waals surface area contributed by atoms with Crippen molar-refractivity contribution in [1.82, 2.24) is 0 Å². The predicted octanol–water partition coefficient (Wildman–Crippen LogP) is 9.91. The summed E-state index contributed by atoms with van der Waals surface area (Å²) in [4.78, 5) is 0. The lowest BCUT2D eigenvalue weighted by Crippen LogP contribution is -2.49. The Kier molecular flexibility index (Phi) is 26.9. The molecule has 7 unspecified atom stereocenters. The highest BCUT2D eigenvalue weighted by Crippen LogP contribution is 2.34. The van der Waals surface area contributed by atoms with Gasteiger partial charge in [0.15, 0.2) is 6.29 Å². The van der Waals surface area contributed by atoms with E-state index in [9.17, 15) is 0 Å². The van der Waals surface area contributed by atoms with Crippen molar-refractivity contribution in [3.05, 3.63) is 0 Å². The first-order valence-electron chi connectivity index (χ1n) is 18.0. The first kappa shape index (κ1) is 41.8. The second kappa shape index (κ2) is 27.1. The lowest BCUT2D eigenvalue weighted by Gasteiger charge is -2.41. The smallest absolute Gasteiger partial charge is 0.285 e. The van der Waals surface area contributed by atoms with Crippen molar-refractivity contribution in [2.45, 2.75) is 177 Å². The van der Waals surface area contributed by atoms with Crippen LogP contribution in [0.3, 0.4) is 0 Å². The SMILES string of the molecule is CCCCC(C)OC(OCCC(C)CC)(OCC(C)CCC)C(C)CCC(OCCCCCCO)OCCC(C)CC. The van der Waals surface area contributed by atoms with Gasteiger partial charge in [-0.2, -0.15) is 0 Å². The summed E-state index contributed by atoms with van der Waals surface area (Å²) in [5, 5.41) is 9.06. The molecule has 1 N–H and O–H groups in total. The van der Waals surface area contributed by atoms with Crippen LogP contribution in [0.2, 0.25) is 0 Å². The van der Waals surface area contributed by atoms with E-state index in [0.29, 0.717) is 44.2 Å². The molecule has 0 amide bonds. The number of aliphatic hydroxyl groups is 1. The van der Waals surface area contributed by atoms with Crippen LogP contribution in [-0.4, -0.2) is 56.5 Å². The van der Waals surface area contributed by atoms with Crippen molar-refractivity contribution in [2.24, 2.45) is 23.7 Å². The van der Waals surface area contributed by atoms with Crippen molar-refractivity contribution in [2.75, 3.05) is 33.0 Å². The first-order valence-corrected chi connectivity index (χ1v) is 18.0. The summed E-state index contributed by atoms with van der Waals surface area (Å²) in [5.41, 5.74) is 0. The molecule has 0 heterocycles. The molecule has 0 aliphatic rings. The molecule has 6 nitrogen and oxygen atoms in total. The molecule has 0 aromatic carbocycles. The lowest BCUT2D eigenvalue weighted by molar-refractivity contribution is -0.418. The highest BCUT2D eigenvalue weighted by molar-refractivity contribution is 4.73. The van der Waals surface area contributed by atoms with E-state index < -0.39 is 5.97 Å². The minimum absolute atomic E-state index is 0.0150. The zero-order chi connectivity index (χ0) is 31.6. The highest BCUT2D eigenvalue weighted by Gasteiger charge is 2.42. The summed E-state index contributed by atoms with van der Waals surface area (Å²) in [7, 11) is 0. The minimum Gasteiger partial charge on any atom is -0.396 e. The molecule has 0 rings (SSSR count). The Balaban J connectivity index is 5.69. The molecular weight excluding hydrogens is 528 g/mol. The molecular formula is C36H74O6. The van der Waals surface area contributed by atoms with E-state index in [-0.39, 0.29) is 24.9 Å². The van der Waals surface area contributed by atoms with Crippen molar-refractivity contribution < 1.29 is 28.8 Å². The van der Waals surface area contributed by atoms with E-state index in [1.54, 1.807) is 0 Å². The summed E-state index contributed by atoms with van der Waals surface area (Å²) in [5.74, 6) is 0.629. The quantitative estimate of drug-likeness (QED) is 0.0629. The number of ether oxygens (including phenoxy) is 5. The molecule has 0 aromatic heterocycles. The predicted molar refractivity (Wildman–Crippen MR) is 177 cm³/mol. The maximum Gasteiger partial charge on any atom is 0.285 e. The number of rotatable bonds is 31. The topological polar surface area (TPSA) is 66.4 Å². The van der Waals surface area contributed by atoms with Crippen molar-refractivity contribution in [1.29, 1.82) is 0 Å². The van der Waals surface area contributed by atoms with Gasteiger partial charge in [-0.05, 0) is 76.0 Å². The van der Waals surface area contributed by atoms with Crippen LogP contribution in [0, 0.1) is 23.7 Å². The van der Waals surface area contributed by atoms with E-state index in [4.69, 9.17) is 28.8 Å². The molecule has 7 atom stereocenters. The molecule has 6 heteroatoms. The third kappa shape index (κ3) is 20.7. The van der Waals surface area contributed by atoms with Gasteiger partial charge in [-0.1, -0.05) is 100 Å². The Hall–Kier alpha value is -0.240. The molecule has 0 aliphatic heterocycles. The summed E-state index contributed by atoms with van der Waals surface area (Å²) in [6, 6.07) is 0. The van der Waals surface area contributed by atoms with Crippen molar-refractivity contribution >= 4 is 0 Å². The van der Waals surface area contributed by atoms with Gasteiger partial charge in [-0.15, -0.1) is 0 Å². The monoisotopic (exact) mass is 603 g/mol. The summed E-state index contributed by atoms with van der Waals surface area (Å²) in [6.07, 6.45) is 15.2. The maximum absolute atomic E-state index is 9.06. The average molecular weight is 603 g/mol. The zero-order valence-electron chi connectivity index (χ0n) is 29.6. The van der Waals surface area contributed by atoms with Crippen molar-refractivity contribution in [3.63, 3.8) is 0 Å². The number of hydrogen-bond acceptors (Lipinski definition) is 6. The lowest BCUT2D eigenvalue weighted by atomic mass is 10.0. The van der Waals surface area contributed by atoms with E-state index >= 15 is 0 Å². The molecule has 42 heavy (non-hydrogen) atoms. The molecule has 0 saturated heterocycles. The minimum atomic E-state index is -1.08. The van der Waals surface area contributed by atoms with Crippen LogP contribution < -0.4 is 0 Å². The van der Waals surface area contributed by atoms with E-state index in [0.717, 1.165) is 96.3 Å². The summed E-state index contributed by atoms with van der Waals surface area (Å²) >= 11 is 0. The van der Waals surface area contributed by atoms with E-state index in [2.05, 4.69) is 62.3 Å². The van der Waals surface area contributed by atoms with Crippen LogP contribution >= 0.6 is 0 Å². The summed E-state index contributed by atoms with van der Waals surface area (Å²) in [6.45, 7) is 23.0. The van der Waals surface area contributed by atoms with E-state index in [1.165, 1.54) is 0 Å². The van der Waals surface area contributed by atoms with Gasteiger partial charge in [0, 0.05) is 25.7 Å². The molecule has 0 bridgehead atoms. The molecule has 0 aliphatic carbocycles. The molecule has 0 fully saturated rings. The fraction of sp³-hybridized carbons (Fsp3) is 1.00. The van der Waals surface area contributed by atoms with Crippen LogP contribution in [0.25, 0.3) is 0 Å². The Morgan fingerprint density at radius 3 is 1.83 bits per heavy atom. The molecule has 0 saturated carbocycles. The zero-order valence-corrected chi connectivity index (χ0v) is 29.6. The Labute approximate surface area is 262 Å². The van der Waals surface area contributed by atoms with Gasteiger partial charge in [-0.3, -0.25) is 0 Å². The largest absolute Gasteiger partial charge is 0.396 e. The van der Waals surface area contributed by atoms with Crippen LogP contribution in [0.4, 0.5) is 0 Å². The Morgan fingerprint density at radius 1 is 0.571 bits per heavy atom. The molecule has 0 aromatic rings. The van der Waals surface area contributed by atoms with E-state index in [1.807, 2.05) is 0 Å². The van der Waals surface area contributed by atoms with Gasteiger partial charge in [0.25, 0.3) is 5.97 Å². The molecule has 0 spiro atoms. The second-order valence-electron chi connectivity index (χ2n) is 13.1. The Bertz CT molecular complexity index is 575. The highest BCUT2D eigenvalue weighted by atomic mass is 16.9. The van der Waals surface area contributed by atoms with Gasteiger partial charge in [0.05, 0.1) is 19.3 Å².